The van der Waals surface area contributed by atoms with E-state index < -0.39 is 0 Å². The third-order valence-electron chi connectivity index (χ3n) is 5.11. The smallest absolute Gasteiger partial charge is 0.0521 e. The normalized spacial score (nSPS) is 32.3. The van der Waals surface area contributed by atoms with Crippen molar-refractivity contribution in [2.24, 2.45) is 30.7 Å². The Balaban J connectivity index is 1.57. The minimum atomic E-state index is 0.876. The van der Waals surface area contributed by atoms with Gasteiger partial charge in [-0.25, -0.2) is 0 Å². The summed E-state index contributed by atoms with van der Waals surface area (Å²) in [4.78, 5) is 2.63. The molecule has 18 heavy (non-hydrogen) atoms. The number of aromatic nitrogens is 2. The van der Waals surface area contributed by atoms with Crippen LogP contribution in [-0.4, -0.2) is 27.8 Å². The molecule has 0 bridgehead atoms. The Morgan fingerprint density at radius 2 is 1.94 bits per heavy atom. The van der Waals surface area contributed by atoms with Crippen LogP contribution in [0.5, 0.6) is 0 Å². The lowest BCUT2D eigenvalue weighted by molar-refractivity contribution is 0.267. The molecule has 1 saturated heterocycles. The first-order valence-corrected chi connectivity index (χ1v) is 7.32. The van der Waals surface area contributed by atoms with E-state index in [0.29, 0.717) is 0 Å². The van der Waals surface area contributed by atoms with Gasteiger partial charge >= 0.3 is 0 Å². The van der Waals surface area contributed by atoms with Crippen LogP contribution >= 0.6 is 0 Å². The van der Waals surface area contributed by atoms with Gasteiger partial charge in [0.25, 0.3) is 0 Å². The van der Waals surface area contributed by atoms with Crippen LogP contribution < -0.4 is 0 Å². The predicted octanol–water partition coefficient (Wildman–Crippen LogP) is 2.53. The van der Waals surface area contributed by atoms with Crippen molar-refractivity contribution in [1.29, 1.82) is 0 Å². The number of hydrogen-bond donors (Lipinski definition) is 0. The van der Waals surface area contributed by atoms with Gasteiger partial charge in [0, 0.05) is 32.9 Å². The van der Waals surface area contributed by atoms with Crippen LogP contribution in [0.1, 0.15) is 32.4 Å². The Bertz CT molecular complexity index is 396. The molecule has 2 aliphatic rings. The summed E-state index contributed by atoms with van der Waals surface area (Å²) in [6, 6.07) is 2.14. The van der Waals surface area contributed by atoms with Crippen molar-refractivity contribution in [3.63, 3.8) is 0 Å². The maximum atomic E-state index is 4.26. The van der Waals surface area contributed by atoms with Gasteiger partial charge in [-0.3, -0.25) is 9.58 Å². The van der Waals surface area contributed by atoms with Gasteiger partial charge in [-0.15, -0.1) is 0 Å². The summed E-state index contributed by atoms with van der Waals surface area (Å²) in [7, 11) is 2.04. The Morgan fingerprint density at radius 3 is 2.44 bits per heavy atom. The van der Waals surface area contributed by atoms with Crippen LogP contribution in [-0.2, 0) is 13.6 Å². The van der Waals surface area contributed by atoms with Crippen molar-refractivity contribution in [3.05, 3.63) is 18.0 Å². The summed E-state index contributed by atoms with van der Waals surface area (Å²) >= 11 is 0. The lowest BCUT2D eigenvalue weighted by atomic mass is 9.93. The zero-order chi connectivity index (χ0) is 12.7. The zero-order valence-corrected chi connectivity index (χ0v) is 11.8. The van der Waals surface area contributed by atoms with Crippen molar-refractivity contribution in [3.8, 4) is 0 Å². The maximum Gasteiger partial charge on any atom is 0.0521 e. The average molecular weight is 247 g/mol. The summed E-state index contributed by atoms with van der Waals surface area (Å²) in [6.45, 7) is 8.46. The van der Waals surface area contributed by atoms with Crippen LogP contribution in [0, 0.1) is 23.7 Å². The Kier molecular flexibility index (Phi) is 3.18. The summed E-state index contributed by atoms with van der Waals surface area (Å²) < 4.78 is 2.00. The van der Waals surface area contributed by atoms with E-state index in [1.165, 1.54) is 31.6 Å². The van der Waals surface area contributed by atoms with Gasteiger partial charge in [-0.05, 0) is 42.6 Å². The highest BCUT2D eigenvalue weighted by molar-refractivity contribution is 5.02. The second-order valence-electron chi connectivity index (χ2n) is 6.64. The topological polar surface area (TPSA) is 21.1 Å². The fourth-order valence-electron chi connectivity index (χ4n) is 3.90. The molecule has 0 aromatic carbocycles. The SMILES string of the molecule is CC(C)C1C[C@@H]2CN(Cc3ccnn3C)C[C@@H]2C1. The Hall–Kier alpha value is -0.830. The molecule has 0 N–H and O–H groups in total. The third-order valence-corrected chi connectivity index (χ3v) is 5.11. The monoisotopic (exact) mass is 247 g/mol. The van der Waals surface area contributed by atoms with Gasteiger partial charge in [0.15, 0.2) is 0 Å². The van der Waals surface area contributed by atoms with E-state index in [-0.39, 0.29) is 0 Å². The molecule has 1 saturated carbocycles. The first-order valence-electron chi connectivity index (χ1n) is 7.32. The first kappa shape index (κ1) is 12.2. The lowest BCUT2D eigenvalue weighted by Crippen LogP contribution is -2.23. The standard InChI is InChI=1S/C15H25N3/c1-11(2)12-6-13-8-18(9-14(13)7-12)10-15-4-5-16-17(15)3/h4-5,11-14H,6-10H2,1-3H3/t12?,13-,14+. The molecule has 3 heteroatoms. The number of rotatable bonds is 3. The van der Waals surface area contributed by atoms with Gasteiger partial charge < -0.3 is 0 Å². The summed E-state index contributed by atoms with van der Waals surface area (Å²) in [5, 5.41) is 4.26. The van der Waals surface area contributed by atoms with E-state index in [1.807, 2.05) is 17.9 Å². The highest BCUT2D eigenvalue weighted by Crippen LogP contribution is 2.44. The van der Waals surface area contributed by atoms with Gasteiger partial charge in [0.2, 0.25) is 0 Å². The lowest BCUT2D eigenvalue weighted by Gasteiger charge is -2.20. The molecule has 0 spiro atoms. The maximum absolute atomic E-state index is 4.26. The van der Waals surface area contributed by atoms with Gasteiger partial charge in [0.05, 0.1) is 5.69 Å². The second kappa shape index (κ2) is 4.69. The van der Waals surface area contributed by atoms with Crippen LogP contribution in [0.15, 0.2) is 12.3 Å². The number of hydrogen-bond acceptors (Lipinski definition) is 2. The fourth-order valence-corrected chi connectivity index (χ4v) is 3.90. The minimum Gasteiger partial charge on any atom is -0.297 e. The molecule has 0 radical (unpaired) electrons. The minimum absolute atomic E-state index is 0.876. The highest BCUT2D eigenvalue weighted by Gasteiger charge is 2.41. The molecule has 3 nitrogen and oxygen atoms in total. The summed E-state index contributed by atoms with van der Waals surface area (Å²) in [5.74, 6) is 3.79. The van der Waals surface area contributed by atoms with E-state index in [9.17, 15) is 0 Å². The summed E-state index contributed by atoms with van der Waals surface area (Å²) in [5.41, 5.74) is 1.34. The quantitative estimate of drug-likeness (QED) is 0.818. The van der Waals surface area contributed by atoms with Gasteiger partial charge in [0.1, 0.15) is 0 Å². The molecule has 2 heterocycles. The molecular weight excluding hydrogens is 222 g/mol. The van der Waals surface area contributed by atoms with Crippen LogP contribution in [0.4, 0.5) is 0 Å². The van der Waals surface area contributed by atoms with E-state index in [2.05, 4.69) is 29.9 Å². The van der Waals surface area contributed by atoms with E-state index >= 15 is 0 Å². The molecule has 2 fully saturated rings. The summed E-state index contributed by atoms with van der Waals surface area (Å²) in [6.07, 6.45) is 4.83. The molecular formula is C15H25N3. The van der Waals surface area contributed by atoms with Crippen LogP contribution in [0.3, 0.4) is 0 Å². The number of aryl methyl sites for hydroxylation is 1. The average Bonchev–Trinajstić information content (AvgIpc) is 2.94. The Labute approximate surface area is 110 Å². The van der Waals surface area contributed by atoms with E-state index in [4.69, 9.17) is 0 Å². The molecule has 1 aliphatic heterocycles. The molecule has 1 aromatic heterocycles. The van der Waals surface area contributed by atoms with E-state index in [0.717, 1.165) is 30.2 Å². The largest absolute Gasteiger partial charge is 0.297 e. The van der Waals surface area contributed by atoms with Crippen molar-refractivity contribution in [2.75, 3.05) is 13.1 Å². The zero-order valence-electron chi connectivity index (χ0n) is 11.8. The third kappa shape index (κ3) is 2.20. The molecule has 1 aliphatic carbocycles. The highest BCUT2D eigenvalue weighted by atomic mass is 15.3. The molecule has 3 rings (SSSR count). The van der Waals surface area contributed by atoms with Gasteiger partial charge in [-0.1, -0.05) is 13.8 Å². The fraction of sp³-hybridized carbons (Fsp3) is 0.800. The van der Waals surface area contributed by atoms with E-state index in [1.54, 1.807) is 0 Å². The second-order valence-corrected chi connectivity index (χ2v) is 6.64. The Morgan fingerprint density at radius 1 is 1.28 bits per heavy atom. The van der Waals surface area contributed by atoms with Crippen molar-refractivity contribution in [1.82, 2.24) is 14.7 Å². The number of likely N-dealkylation sites (tertiary alicyclic amines) is 1. The van der Waals surface area contributed by atoms with Crippen molar-refractivity contribution < 1.29 is 0 Å². The van der Waals surface area contributed by atoms with Crippen molar-refractivity contribution in [2.45, 2.75) is 33.2 Å². The first-order chi connectivity index (χ1) is 8.63. The number of fused-ring (bicyclic) bond motifs is 1. The van der Waals surface area contributed by atoms with Crippen molar-refractivity contribution >= 4 is 0 Å². The van der Waals surface area contributed by atoms with Crippen LogP contribution in [0.25, 0.3) is 0 Å². The predicted molar refractivity (Wildman–Crippen MR) is 73.0 cm³/mol. The molecule has 3 atom stereocenters. The molecule has 100 valence electrons. The molecule has 1 unspecified atom stereocenters. The molecule has 1 aromatic rings. The number of nitrogens with zero attached hydrogens (tertiary/aromatic N) is 3. The molecule has 0 amide bonds. The van der Waals surface area contributed by atoms with Gasteiger partial charge in [-0.2, -0.15) is 5.10 Å². The van der Waals surface area contributed by atoms with Crippen LogP contribution in [0.2, 0.25) is 0 Å².